The van der Waals surface area contributed by atoms with Crippen LogP contribution in [0, 0.1) is 5.92 Å². The first-order valence-electron chi connectivity index (χ1n) is 8.77. The molecule has 2 N–H and O–H groups in total. The van der Waals surface area contributed by atoms with Crippen LogP contribution in [0.3, 0.4) is 0 Å². The first-order valence-corrected chi connectivity index (χ1v) is 9.14. The van der Waals surface area contributed by atoms with Gasteiger partial charge in [-0.15, -0.1) is 0 Å². The van der Waals surface area contributed by atoms with Crippen molar-refractivity contribution in [1.29, 1.82) is 0 Å². The number of carbonyl (C=O) groups is 2. The maximum absolute atomic E-state index is 12.3. The van der Waals surface area contributed by atoms with Crippen molar-refractivity contribution in [2.24, 2.45) is 13.0 Å². The van der Waals surface area contributed by atoms with E-state index >= 15 is 0 Å². The molecule has 0 aliphatic heterocycles. The van der Waals surface area contributed by atoms with Crippen molar-refractivity contribution in [2.75, 3.05) is 6.54 Å². The fraction of sp³-hybridized carbons (Fsp3) is 0.529. The molecule has 0 bridgehead atoms. The van der Waals surface area contributed by atoms with Crippen LogP contribution in [0.2, 0.25) is 5.02 Å². The minimum atomic E-state index is -0.164. The molecule has 0 saturated heterocycles. The van der Waals surface area contributed by atoms with Gasteiger partial charge in [0.1, 0.15) is 0 Å². The summed E-state index contributed by atoms with van der Waals surface area (Å²) in [5, 5.41) is 10.6. The largest absolute Gasteiger partial charge is 0.354 e. The third-order valence-electron chi connectivity index (χ3n) is 4.70. The Hall–Kier alpha value is -2.35. The van der Waals surface area contributed by atoms with Crippen molar-refractivity contribution in [2.45, 2.75) is 38.3 Å². The molecule has 2 aromatic rings. The predicted molar refractivity (Wildman–Crippen MR) is 96.7 cm³/mol. The molecule has 0 atom stereocenters. The second-order valence-electron chi connectivity index (χ2n) is 6.60. The van der Waals surface area contributed by atoms with Crippen LogP contribution >= 0.6 is 11.6 Å². The average Bonchev–Trinajstić information content (AvgIpc) is 3.23. The van der Waals surface area contributed by atoms with Gasteiger partial charge >= 0.3 is 0 Å². The van der Waals surface area contributed by atoms with Gasteiger partial charge in [-0.1, -0.05) is 11.6 Å². The van der Waals surface area contributed by atoms with Crippen LogP contribution in [0.4, 0.5) is 0 Å². The summed E-state index contributed by atoms with van der Waals surface area (Å²) in [6.45, 7) is 1.11. The number of aromatic nitrogens is 4. The first kappa shape index (κ1) is 18.4. The predicted octanol–water partition coefficient (Wildman–Crippen LogP) is 1.37. The van der Waals surface area contributed by atoms with Gasteiger partial charge in [-0.2, -0.15) is 5.10 Å². The highest BCUT2D eigenvalue weighted by molar-refractivity contribution is 6.30. The second kappa shape index (κ2) is 8.35. The van der Waals surface area contributed by atoms with Gasteiger partial charge in [-0.3, -0.25) is 14.3 Å². The normalized spacial score (nSPS) is 19.9. The first-order chi connectivity index (χ1) is 12.5. The lowest BCUT2D eigenvalue weighted by atomic mass is 9.85. The average molecular weight is 379 g/mol. The van der Waals surface area contributed by atoms with E-state index in [9.17, 15) is 9.59 Å². The van der Waals surface area contributed by atoms with E-state index in [1.54, 1.807) is 41.1 Å². The molecule has 8 nitrogen and oxygen atoms in total. The molecule has 0 spiro atoms. The number of rotatable bonds is 6. The number of hydrogen-bond donors (Lipinski definition) is 2. The molecule has 26 heavy (non-hydrogen) atoms. The Bertz CT molecular complexity index is 763. The Balaban J connectivity index is 1.38. The van der Waals surface area contributed by atoms with E-state index in [2.05, 4.69) is 20.7 Å². The van der Waals surface area contributed by atoms with E-state index < -0.39 is 0 Å². The Kier molecular flexibility index (Phi) is 5.92. The Labute approximate surface area is 156 Å². The number of aryl methyl sites for hydroxylation is 1. The van der Waals surface area contributed by atoms with Gasteiger partial charge in [0, 0.05) is 44.1 Å². The van der Waals surface area contributed by atoms with Crippen LogP contribution in [-0.4, -0.2) is 43.7 Å². The Morgan fingerprint density at radius 3 is 2.69 bits per heavy atom. The fourth-order valence-electron chi connectivity index (χ4n) is 3.23. The second-order valence-corrected chi connectivity index (χ2v) is 7.03. The zero-order valence-electron chi connectivity index (χ0n) is 14.7. The van der Waals surface area contributed by atoms with Crippen molar-refractivity contribution in [3.05, 3.63) is 35.6 Å². The quantitative estimate of drug-likeness (QED) is 0.793. The van der Waals surface area contributed by atoms with Gasteiger partial charge in [0.25, 0.3) is 5.91 Å². The van der Waals surface area contributed by atoms with Gasteiger partial charge in [0.2, 0.25) is 5.91 Å². The van der Waals surface area contributed by atoms with E-state index in [0.717, 1.165) is 25.7 Å². The maximum atomic E-state index is 12.3. The molecule has 2 amide bonds. The molecular weight excluding hydrogens is 356 g/mol. The van der Waals surface area contributed by atoms with Gasteiger partial charge in [-0.25, -0.2) is 4.98 Å². The summed E-state index contributed by atoms with van der Waals surface area (Å²) in [5.74, 6) is 0.307. The summed E-state index contributed by atoms with van der Waals surface area (Å²) in [7, 11) is 1.79. The molecule has 140 valence electrons. The summed E-state index contributed by atoms with van der Waals surface area (Å²) < 4.78 is 3.40. The molecule has 1 fully saturated rings. The van der Waals surface area contributed by atoms with Crippen LogP contribution < -0.4 is 10.6 Å². The van der Waals surface area contributed by atoms with Crippen molar-refractivity contribution >= 4 is 23.4 Å². The molecule has 0 unspecified atom stereocenters. The molecular formula is C17H23ClN6O2. The van der Waals surface area contributed by atoms with Crippen LogP contribution in [-0.2, 0) is 18.4 Å². The molecule has 0 radical (unpaired) electrons. The van der Waals surface area contributed by atoms with Gasteiger partial charge in [0.05, 0.1) is 17.8 Å². The minimum absolute atomic E-state index is 0.00229. The number of imidazole rings is 1. The summed E-state index contributed by atoms with van der Waals surface area (Å²) in [6.07, 6.45) is 9.77. The summed E-state index contributed by atoms with van der Waals surface area (Å²) >= 11 is 5.81. The highest BCUT2D eigenvalue weighted by Gasteiger charge is 2.27. The monoisotopic (exact) mass is 378 g/mol. The fourth-order valence-corrected chi connectivity index (χ4v) is 3.39. The van der Waals surface area contributed by atoms with Crippen molar-refractivity contribution in [1.82, 2.24) is 30.0 Å². The van der Waals surface area contributed by atoms with Crippen molar-refractivity contribution in [3.8, 4) is 0 Å². The SMILES string of the molecule is Cn1ccnc1C(=O)NC1CCC(C(=O)NCCn2cc(Cl)cn2)CC1. The molecule has 1 saturated carbocycles. The van der Waals surface area contributed by atoms with Gasteiger partial charge in [0.15, 0.2) is 5.82 Å². The standard InChI is InChI=1S/C17H23ClN6O2/c1-23-8-6-19-15(23)17(26)22-14-4-2-12(3-5-14)16(25)20-7-9-24-11-13(18)10-21-24/h6,8,10-12,14H,2-5,7,9H2,1H3,(H,20,25)(H,22,26). The van der Waals surface area contributed by atoms with E-state index in [1.165, 1.54) is 0 Å². The molecule has 1 aliphatic carbocycles. The lowest BCUT2D eigenvalue weighted by molar-refractivity contribution is -0.126. The molecule has 1 aliphatic rings. The molecule has 3 rings (SSSR count). The van der Waals surface area contributed by atoms with E-state index in [0.29, 0.717) is 23.9 Å². The summed E-state index contributed by atoms with van der Waals surface area (Å²) in [6, 6.07) is 0.0921. The van der Waals surface area contributed by atoms with Gasteiger partial charge < -0.3 is 15.2 Å². The third kappa shape index (κ3) is 4.63. The zero-order valence-corrected chi connectivity index (χ0v) is 15.4. The molecule has 9 heteroatoms. The number of amides is 2. The smallest absolute Gasteiger partial charge is 0.287 e. The number of nitrogens with zero attached hydrogens (tertiary/aromatic N) is 4. The molecule has 2 aromatic heterocycles. The third-order valence-corrected chi connectivity index (χ3v) is 4.89. The van der Waals surface area contributed by atoms with Crippen LogP contribution in [0.5, 0.6) is 0 Å². The van der Waals surface area contributed by atoms with Crippen molar-refractivity contribution < 1.29 is 9.59 Å². The van der Waals surface area contributed by atoms with E-state index in [4.69, 9.17) is 11.6 Å². The molecule has 2 heterocycles. The number of hydrogen-bond acceptors (Lipinski definition) is 4. The van der Waals surface area contributed by atoms with E-state index in [-0.39, 0.29) is 23.8 Å². The van der Waals surface area contributed by atoms with Crippen LogP contribution in [0.25, 0.3) is 0 Å². The number of carbonyl (C=O) groups excluding carboxylic acids is 2. The number of halogens is 1. The van der Waals surface area contributed by atoms with E-state index in [1.807, 2.05) is 0 Å². The summed E-state index contributed by atoms with van der Waals surface area (Å²) in [4.78, 5) is 28.5. The van der Waals surface area contributed by atoms with Crippen LogP contribution in [0.15, 0.2) is 24.8 Å². The lowest BCUT2D eigenvalue weighted by Gasteiger charge is -2.28. The minimum Gasteiger partial charge on any atom is -0.354 e. The Morgan fingerprint density at radius 2 is 2.08 bits per heavy atom. The zero-order chi connectivity index (χ0) is 18.5. The highest BCUT2D eigenvalue weighted by atomic mass is 35.5. The topological polar surface area (TPSA) is 93.8 Å². The molecule has 0 aromatic carbocycles. The van der Waals surface area contributed by atoms with Crippen LogP contribution in [0.1, 0.15) is 36.3 Å². The Morgan fingerprint density at radius 1 is 1.31 bits per heavy atom. The highest BCUT2D eigenvalue weighted by Crippen LogP contribution is 2.24. The van der Waals surface area contributed by atoms with Gasteiger partial charge in [-0.05, 0) is 25.7 Å². The maximum Gasteiger partial charge on any atom is 0.287 e. The summed E-state index contributed by atoms with van der Waals surface area (Å²) in [5.41, 5.74) is 0. The number of nitrogens with one attached hydrogen (secondary N) is 2. The lowest BCUT2D eigenvalue weighted by Crippen LogP contribution is -2.41. The van der Waals surface area contributed by atoms with Crippen molar-refractivity contribution in [3.63, 3.8) is 0 Å².